The van der Waals surface area contributed by atoms with Crippen molar-refractivity contribution in [2.24, 2.45) is 0 Å². The van der Waals surface area contributed by atoms with Gasteiger partial charge >= 0.3 is 0 Å². The molecule has 0 amide bonds. The first-order valence-corrected chi connectivity index (χ1v) is 7.32. The molecule has 0 aliphatic heterocycles. The maximum Gasteiger partial charge on any atom is 0.111 e. The van der Waals surface area contributed by atoms with Gasteiger partial charge in [-0.2, -0.15) is 5.26 Å². The molecule has 0 saturated heterocycles. The number of hydrogen-bond donors (Lipinski definition) is 0. The van der Waals surface area contributed by atoms with Crippen LogP contribution < -0.4 is 0 Å². The number of benzene rings is 2. The van der Waals surface area contributed by atoms with Crippen LogP contribution in [0.5, 0.6) is 0 Å². The Balaban J connectivity index is 2.15. The smallest absolute Gasteiger partial charge is 0.111 e. The summed E-state index contributed by atoms with van der Waals surface area (Å²) in [5.74, 6) is 1.01. The molecule has 22 heavy (non-hydrogen) atoms. The minimum atomic E-state index is 0.0843. The zero-order valence-electron chi connectivity index (χ0n) is 12.5. The Bertz CT molecular complexity index is 751. The Morgan fingerprint density at radius 3 is 2.23 bits per heavy atom. The predicted molar refractivity (Wildman–Crippen MR) is 87.9 cm³/mol. The lowest BCUT2D eigenvalue weighted by molar-refractivity contribution is 0.265. The van der Waals surface area contributed by atoms with Crippen molar-refractivity contribution in [1.29, 1.82) is 5.26 Å². The van der Waals surface area contributed by atoms with Gasteiger partial charge < -0.3 is 4.74 Å². The van der Waals surface area contributed by atoms with Crippen LogP contribution in [-0.4, -0.2) is 7.11 Å². The third-order valence-corrected chi connectivity index (χ3v) is 3.97. The van der Waals surface area contributed by atoms with Crippen LogP contribution in [0.3, 0.4) is 0 Å². The molecular weight excluding hydrogens is 270 g/mol. The summed E-state index contributed by atoms with van der Waals surface area (Å²) in [4.78, 5) is 0. The molecule has 0 N–H and O–H groups in total. The second-order valence-electron chi connectivity index (χ2n) is 5.30. The Morgan fingerprint density at radius 1 is 1.00 bits per heavy atom. The molecule has 108 valence electrons. The molecule has 2 aromatic carbocycles. The maximum atomic E-state index is 9.40. The normalized spacial score (nSPS) is 17.6. The van der Waals surface area contributed by atoms with E-state index in [4.69, 9.17) is 4.74 Å². The molecule has 1 atom stereocenters. The van der Waals surface area contributed by atoms with Crippen molar-refractivity contribution in [2.75, 3.05) is 7.11 Å². The summed E-state index contributed by atoms with van der Waals surface area (Å²) in [5, 5.41) is 9.40. The van der Waals surface area contributed by atoms with E-state index < -0.39 is 0 Å². The number of rotatable bonds is 3. The molecule has 0 heterocycles. The molecule has 2 aromatic rings. The van der Waals surface area contributed by atoms with Gasteiger partial charge in [0.2, 0.25) is 0 Å². The van der Waals surface area contributed by atoms with Crippen molar-refractivity contribution in [1.82, 2.24) is 0 Å². The molecular formula is C20H17NO. The third kappa shape index (κ3) is 2.66. The van der Waals surface area contributed by atoms with Crippen molar-refractivity contribution in [3.05, 3.63) is 89.2 Å². The van der Waals surface area contributed by atoms with E-state index in [-0.39, 0.29) is 5.92 Å². The lowest BCUT2D eigenvalue weighted by Gasteiger charge is -2.26. The van der Waals surface area contributed by atoms with Gasteiger partial charge in [0.25, 0.3) is 0 Å². The molecule has 0 spiro atoms. The SMILES string of the molecule is COC1=C(c2ccccc2)C=C(C#N)CC1c1ccccc1. The van der Waals surface area contributed by atoms with Crippen LogP contribution in [0, 0.1) is 11.3 Å². The van der Waals surface area contributed by atoms with Gasteiger partial charge in [-0.1, -0.05) is 60.7 Å². The van der Waals surface area contributed by atoms with Gasteiger partial charge in [-0.05, 0) is 23.6 Å². The first kappa shape index (κ1) is 14.2. The minimum Gasteiger partial charge on any atom is -0.500 e. The number of nitriles is 1. The van der Waals surface area contributed by atoms with E-state index >= 15 is 0 Å². The van der Waals surface area contributed by atoms with Crippen LogP contribution in [0.15, 0.2) is 78.1 Å². The number of nitrogens with zero attached hydrogens (tertiary/aromatic N) is 1. The Labute approximate surface area is 131 Å². The molecule has 1 aliphatic carbocycles. The summed E-state index contributed by atoms with van der Waals surface area (Å²) < 4.78 is 5.74. The maximum absolute atomic E-state index is 9.40. The third-order valence-electron chi connectivity index (χ3n) is 3.97. The van der Waals surface area contributed by atoms with Gasteiger partial charge in [-0.15, -0.1) is 0 Å². The summed E-state index contributed by atoms with van der Waals surface area (Å²) in [6.07, 6.45) is 2.63. The molecule has 0 bridgehead atoms. The predicted octanol–water partition coefficient (Wildman–Crippen LogP) is 4.68. The zero-order valence-corrected chi connectivity index (χ0v) is 12.5. The van der Waals surface area contributed by atoms with Gasteiger partial charge in [-0.3, -0.25) is 0 Å². The lowest BCUT2D eigenvalue weighted by atomic mass is 9.82. The first-order chi connectivity index (χ1) is 10.8. The number of hydrogen-bond acceptors (Lipinski definition) is 2. The molecule has 1 aliphatic rings. The fraction of sp³-hybridized carbons (Fsp3) is 0.150. The molecule has 0 radical (unpaired) electrons. The molecule has 3 rings (SSSR count). The van der Waals surface area contributed by atoms with Gasteiger partial charge in [0.1, 0.15) is 5.76 Å². The van der Waals surface area contributed by atoms with E-state index in [1.54, 1.807) is 7.11 Å². The summed E-state index contributed by atoms with van der Waals surface area (Å²) in [5.41, 5.74) is 4.04. The topological polar surface area (TPSA) is 33.0 Å². The molecule has 0 aromatic heterocycles. The summed E-state index contributed by atoms with van der Waals surface area (Å²) in [6.45, 7) is 0. The van der Waals surface area contributed by atoms with E-state index in [1.165, 1.54) is 5.56 Å². The fourth-order valence-corrected chi connectivity index (χ4v) is 2.93. The largest absolute Gasteiger partial charge is 0.500 e. The van der Waals surface area contributed by atoms with E-state index in [0.717, 1.165) is 22.5 Å². The highest BCUT2D eigenvalue weighted by molar-refractivity contribution is 5.79. The number of ether oxygens (including phenoxy) is 1. The molecule has 0 saturated carbocycles. The summed E-state index contributed by atoms with van der Waals surface area (Å²) >= 11 is 0. The molecule has 1 unspecified atom stereocenters. The van der Waals surface area contributed by atoms with Crippen molar-refractivity contribution in [2.45, 2.75) is 12.3 Å². The van der Waals surface area contributed by atoms with Crippen LogP contribution in [0.4, 0.5) is 0 Å². The minimum absolute atomic E-state index is 0.0843. The van der Waals surface area contributed by atoms with E-state index in [9.17, 15) is 5.26 Å². The van der Waals surface area contributed by atoms with Crippen LogP contribution in [0.2, 0.25) is 0 Å². The van der Waals surface area contributed by atoms with Gasteiger partial charge in [0.15, 0.2) is 0 Å². The summed E-state index contributed by atoms with van der Waals surface area (Å²) in [6, 6.07) is 22.6. The standard InChI is InChI=1S/C20H17NO/c1-22-20-18(16-8-4-2-5-9-16)12-15(14-21)13-19(20)17-10-6-3-7-11-17/h2-12,19H,13H2,1H3. The number of allylic oxidation sites excluding steroid dienone is 4. The van der Waals surface area contributed by atoms with Crippen LogP contribution in [0.25, 0.3) is 5.57 Å². The van der Waals surface area contributed by atoms with Crippen LogP contribution in [-0.2, 0) is 4.74 Å². The Kier molecular flexibility index (Phi) is 4.07. The van der Waals surface area contributed by atoms with E-state index in [2.05, 4.69) is 18.2 Å². The fourth-order valence-electron chi connectivity index (χ4n) is 2.93. The van der Waals surface area contributed by atoms with Crippen LogP contribution >= 0.6 is 0 Å². The van der Waals surface area contributed by atoms with Gasteiger partial charge in [-0.25, -0.2) is 0 Å². The number of methoxy groups -OCH3 is 1. The second kappa shape index (κ2) is 6.32. The van der Waals surface area contributed by atoms with Crippen molar-refractivity contribution >= 4 is 5.57 Å². The van der Waals surface area contributed by atoms with E-state index in [1.807, 2.05) is 54.6 Å². The average Bonchev–Trinajstić information content (AvgIpc) is 2.62. The van der Waals surface area contributed by atoms with Crippen molar-refractivity contribution < 1.29 is 4.74 Å². The zero-order chi connectivity index (χ0) is 15.4. The Morgan fingerprint density at radius 2 is 1.64 bits per heavy atom. The molecule has 2 nitrogen and oxygen atoms in total. The lowest BCUT2D eigenvalue weighted by Crippen LogP contribution is -2.12. The van der Waals surface area contributed by atoms with Crippen molar-refractivity contribution in [3.63, 3.8) is 0 Å². The first-order valence-electron chi connectivity index (χ1n) is 7.32. The Hall–Kier alpha value is -2.79. The highest BCUT2D eigenvalue weighted by Crippen LogP contribution is 2.40. The molecule has 2 heteroatoms. The van der Waals surface area contributed by atoms with Crippen molar-refractivity contribution in [3.8, 4) is 6.07 Å². The highest BCUT2D eigenvalue weighted by atomic mass is 16.5. The van der Waals surface area contributed by atoms with Crippen LogP contribution in [0.1, 0.15) is 23.5 Å². The molecule has 0 fully saturated rings. The summed E-state index contributed by atoms with van der Waals surface area (Å²) in [7, 11) is 1.71. The second-order valence-corrected chi connectivity index (χ2v) is 5.30. The quantitative estimate of drug-likeness (QED) is 0.821. The highest BCUT2D eigenvalue weighted by Gasteiger charge is 2.27. The van der Waals surface area contributed by atoms with Gasteiger partial charge in [0.05, 0.1) is 13.2 Å². The van der Waals surface area contributed by atoms with E-state index in [0.29, 0.717) is 6.42 Å². The van der Waals surface area contributed by atoms with Gasteiger partial charge in [0, 0.05) is 17.1 Å². The monoisotopic (exact) mass is 287 g/mol. The average molecular weight is 287 g/mol.